The van der Waals surface area contributed by atoms with E-state index in [1.54, 1.807) is 19.2 Å². The standard InChI is InChI=1S/C20H25FN2O3/c1-15-7-4-5-8-18(15)26-12-6-11-22-20(24)23(2)14-16-9-10-19(25-3)17(21)13-16/h4-5,7-10,13H,6,11-12,14H2,1-3H3,(H,22,24). The zero-order valence-corrected chi connectivity index (χ0v) is 15.4. The summed E-state index contributed by atoms with van der Waals surface area (Å²) in [6.07, 6.45) is 0.699. The van der Waals surface area contributed by atoms with Crippen LogP contribution in [0.2, 0.25) is 0 Å². The molecule has 0 atom stereocenters. The van der Waals surface area contributed by atoms with Crippen LogP contribution in [0.3, 0.4) is 0 Å². The summed E-state index contributed by atoms with van der Waals surface area (Å²) in [5.74, 6) is 0.610. The molecule has 0 aromatic heterocycles. The second-order valence-corrected chi connectivity index (χ2v) is 6.02. The summed E-state index contributed by atoms with van der Waals surface area (Å²) in [6, 6.07) is 12.3. The van der Waals surface area contributed by atoms with E-state index in [-0.39, 0.29) is 11.8 Å². The van der Waals surface area contributed by atoms with Gasteiger partial charge < -0.3 is 19.7 Å². The SMILES string of the molecule is COc1ccc(CN(C)C(=O)NCCCOc2ccccc2C)cc1F. The number of urea groups is 1. The van der Waals surface area contributed by atoms with Gasteiger partial charge in [-0.3, -0.25) is 0 Å². The number of ether oxygens (including phenoxy) is 2. The molecule has 0 radical (unpaired) electrons. The number of carbonyl (C=O) groups is 1. The molecule has 6 heteroatoms. The predicted octanol–water partition coefficient (Wildman–Crippen LogP) is 3.75. The highest BCUT2D eigenvalue weighted by atomic mass is 19.1. The Labute approximate surface area is 153 Å². The molecule has 2 rings (SSSR count). The van der Waals surface area contributed by atoms with Gasteiger partial charge in [-0.2, -0.15) is 0 Å². The van der Waals surface area contributed by atoms with Gasteiger partial charge in [0.25, 0.3) is 0 Å². The quantitative estimate of drug-likeness (QED) is 0.730. The van der Waals surface area contributed by atoms with Crippen molar-refractivity contribution >= 4 is 6.03 Å². The molecule has 26 heavy (non-hydrogen) atoms. The molecule has 0 bridgehead atoms. The normalized spacial score (nSPS) is 10.3. The average molecular weight is 360 g/mol. The van der Waals surface area contributed by atoms with Crippen LogP contribution in [0.25, 0.3) is 0 Å². The lowest BCUT2D eigenvalue weighted by atomic mass is 10.2. The van der Waals surface area contributed by atoms with Crippen molar-refractivity contribution < 1.29 is 18.7 Å². The minimum absolute atomic E-state index is 0.189. The average Bonchev–Trinajstić information content (AvgIpc) is 2.63. The highest BCUT2D eigenvalue weighted by Crippen LogP contribution is 2.18. The maximum atomic E-state index is 13.7. The zero-order chi connectivity index (χ0) is 18.9. The Balaban J connectivity index is 1.70. The van der Waals surface area contributed by atoms with Crippen molar-refractivity contribution in [3.8, 4) is 11.5 Å². The number of nitrogens with one attached hydrogen (secondary N) is 1. The highest BCUT2D eigenvalue weighted by Gasteiger charge is 2.10. The third-order valence-electron chi connectivity index (χ3n) is 3.93. The van der Waals surface area contributed by atoms with Crippen molar-refractivity contribution in [2.75, 3.05) is 27.3 Å². The second kappa shape index (κ2) is 9.65. The summed E-state index contributed by atoms with van der Waals surface area (Å²) in [7, 11) is 3.09. The van der Waals surface area contributed by atoms with Gasteiger partial charge in [0.2, 0.25) is 0 Å². The fourth-order valence-electron chi connectivity index (χ4n) is 2.46. The monoisotopic (exact) mass is 360 g/mol. The molecular formula is C20H25FN2O3. The van der Waals surface area contributed by atoms with E-state index in [9.17, 15) is 9.18 Å². The third kappa shape index (κ3) is 5.65. The van der Waals surface area contributed by atoms with Crippen molar-refractivity contribution in [2.24, 2.45) is 0 Å². The smallest absolute Gasteiger partial charge is 0.317 e. The van der Waals surface area contributed by atoms with Crippen LogP contribution in [0.5, 0.6) is 11.5 Å². The molecule has 5 nitrogen and oxygen atoms in total. The van der Waals surface area contributed by atoms with Crippen molar-refractivity contribution in [1.29, 1.82) is 0 Å². The molecule has 140 valence electrons. The molecule has 0 aliphatic heterocycles. The number of amides is 2. The molecule has 0 fully saturated rings. The number of halogens is 1. The Kier molecular flexibility index (Phi) is 7.26. The largest absolute Gasteiger partial charge is 0.494 e. The Hall–Kier alpha value is -2.76. The number of rotatable bonds is 8. The Morgan fingerprint density at radius 1 is 1.19 bits per heavy atom. The van der Waals surface area contributed by atoms with E-state index in [4.69, 9.17) is 9.47 Å². The first-order valence-electron chi connectivity index (χ1n) is 8.51. The Bertz CT molecular complexity index is 737. The number of para-hydroxylation sites is 1. The van der Waals surface area contributed by atoms with Crippen LogP contribution < -0.4 is 14.8 Å². The van der Waals surface area contributed by atoms with E-state index in [1.807, 2.05) is 31.2 Å². The fourth-order valence-corrected chi connectivity index (χ4v) is 2.46. The molecular weight excluding hydrogens is 335 g/mol. The van der Waals surface area contributed by atoms with Gasteiger partial charge in [-0.25, -0.2) is 9.18 Å². The van der Waals surface area contributed by atoms with Gasteiger partial charge in [-0.05, 0) is 42.7 Å². The molecule has 2 aromatic rings. The number of hydrogen-bond donors (Lipinski definition) is 1. The van der Waals surface area contributed by atoms with E-state index in [1.165, 1.54) is 18.1 Å². The van der Waals surface area contributed by atoms with E-state index in [0.717, 1.165) is 11.3 Å². The van der Waals surface area contributed by atoms with Crippen LogP contribution >= 0.6 is 0 Å². The topological polar surface area (TPSA) is 50.8 Å². The van der Waals surface area contributed by atoms with Crippen molar-refractivity contribution in [3.63, 3.8) is 0 Å². The molecule has 0 spiro atoms. The molecule has 1 N–H and O–H groups in total. The van der Waals surface area contributed by atoms with Crippen LogP contribution in [0.4, 0.5) is 9.18 Å². The number of benzene rings is 2. The van der Waals surface area contributed by atoms with Crippen molar-refractivity contribution in [2.45, 2.75) is 19.9 Å². The van der Waals surface area contributed by atoms with E-state index in [0.29, 0.717) is 31.7 Å². The molecule has 0 aliphatic rings. The number of carbonyl (C=O) groups excluding carboxylic acids is 1. The van der Waals surface area contributed by atoms with Crippen LogP contribution in [-0.4, -0.2) is 38.2 Å². The zero-order valence-electron chi connectivity index (χ0n) is 15.4. The number of aryl methyl sites for hydroxylation is 1. The third-order valence-corrected chi connectivity index (χ3v) is 3.93. The van der Waals surface area contributed by atoms with Crippen LogP contribution in [-0.2, 0) is 6.54 Å². The summed E-state index contributed by atoms with van der Waals surface area (Å²) >= 11 is 0. The van der Waals surface area contributed by atoms with Crippen LogP contribution in [0.15, 0.2) is 42.5 Å². The van der Waals surface area contributed by atoms with Gasteiger partial charge in [0.05, 0.1) is 13.7 Å². The molecule has 2 aromatic carbocycles. The maximum absolute atomic E-state index is 13.7. The van der Waals surface area contributed by atoms with Gasteiger partial charge in [0, 0.05) is 20.1 Å². The summed E-state index contributed by atoms with van der Waals surface area (Å²) < 4.78 is 24.3. The predicted molar refractivity (Wildman–Crippen MR) is 99.1 cm³/mol. The maximum Gasteiger partial charge on any atom is 0.317 e. The lowest BCUT2D eigenvalue weighted by Gasteiger charge is -2.18. The molecule has 0 aliphatic carbocycles. The van der Waals surface area contributed by atoms with Gasteiger partial charge in [0.1, 0.15) is 5.75 Å². The summed E-state index contributed by atoms with van der Waals surface area (Å²) in [5.41, 5.74) is 1.78. The minimum Gasteiger partial charge on any atom is -0.494 e. The first-order valence-corrected chi connectivity index (χ1v) is 8.51. The summed E-state index contributed by atoms with van der Waals surface area (Å²) in [6.45, 7) is 3.34. The summed E-state index contributed by atoms with van der Waals surface area (Å²) in [5, 5.41) is 2.83. The summed E-state index contributed by atoms with van der Waals surface area (Å²) in [4.78, 5) is 13.6. The van der Waals surface area contributed by atoms with Gasteiger partial charge >= 0.3 is 6.03 Å². The number of methoxy groups -OCH3 is 1. The second-order valence-electron chi connectivity index (χ2n) is 6.02. The van der Waals surface area contributed by atoms with Gasteiger partial charge in [-0.1, -0.05) is 24.3 Å². The van der Waals surface area contributed by atoms with E-state index in [2.05, 4.69) is 5.32 Å². The lowest BCUT2D eigenvalue weighted by molar-refractivity contribution is 0.205. The van der Waals surface area contributed by atoms with Crippen LogP contribution in [0, 0.1) is 12.7 Å². The van der Waals surface area contributed by atoms with E-state index >= 15 is 0 Å². The molecule has 0 saturated heterocycles. The molecule has 2 amide bonds. The lowest BCUT2D eigenvalue weighted by Crippen LogP contribution is -2.37. The molecule has 0 saturated carbocycles. The first-order chi connectivity index (χ1) is 12.5. The number of hydrogen-bond acceptors (Lipinski definition) is 3. The van der Waals surface area contributed by atoms with Crippen molar-refractivity contribution in [1.82, 2.24) is 10.2 Å². The highest BCUT2D eigenvalue weighted by molar-refractivity contribution is 5.73. The minimum atomic E-state index is -0.438. The number of nitrogens with zero attached hydrogens (tertiary/aromatic N) is 1. The Morgan fingerprint density at radius 3 is 2.65 bits per heavy atom. The molecule has 0 unspecified atom stereocenters. The molecule has 0 heterocycles. The van der Waals surface area contributed by atoms with E-state index < -0.39 is 5.82 Å². The fraction of sp³-hybridized carbons (Fsp3) is 0.350. The van der Waals surface area contributed by atoms with Gasteiger partial charge in [-0.15, -0.1) is 0 Å². The first kappa shape index (κ1) is 19.6. The van der Waals surface area contributed by atoms with Gasteiger partial charge in [0.15, 0.2) is 11.6 Å². The van der Waals surface area contributed by atoms with Crippen molar-refractivity contribution in [3.05, 3.63) is 59.4 Å². The van der Waals surface area contributed by atoms with Crippen LogP contribution in [0.1, 0.15) is 17.5 Å². The Morgan fingerprint density at radius 2 is 1.96 bits per heavy atom.